The lowest BCUT2D eigenvalue weighted by Crippen LogP contribution is -2.60. The standard InChI is InChI=1S/C26H30N4O2/c1-20-7-8-22(15-23(20)16-27)18-28-11-9-26(10-12-28)24-19-29(13-14-30(24)25(31)32-26)17-21-5-3-2-4-6-21/h2-8,15,24H,9-14,17-19H2,1H3. The van der Waals surface area contributed by atoms with E-state index in [0.29, 0.717) is 0 Å². The Hall–Kier alpha value is -2.88. The van der Waals surface area contributed by atoms with Gasteiger partial charge in [-0.3, -0.25) is 14.7 Å². The summed E-state index contributed by atoms with van der Waals surface area (Å²) in [5.41, 5.74) is 3.86. The fourth-order valence-corrected chi connectivity index (χ4v) is 5.47. The Bertz CT molecular complexity index is 1020. The molecule has 0 aromatic heterocycles. The van der Waals surface area contributed by atoms with Crippen molar-refractivity contribution in [2.75, 3.05) is 32.7 Å². The van der Waals surface area contributed by atoms with Crippen molar-refractivity contribution in [3.8, 4) is 6.07 Å². The van der Waals surface area contributed by atoms with Crippen LogP contribution in [0.1, 0.15) is 35.1 Å². The Morgan fingerprint density at radius 2 is 1.75 bits per heavy atom. The van der Waals surface area contributed by atoms with Crippen LogP contribution in [0.15, 0.2) is 48.5 Å². The molecule has 0 N–H and O–H groups in total. The first-order valence-corrected chi connectivity index (χ1v) is 11.5. The van der Waals surface area contributed by atoms with Gasteiger partial charge in [0.05, 0.1) is 17.7 Å². The summed E-state index contributed by atoms with van der Waals surface area (Å²) in [5.74, 6) is 0. The largest absolute Gasteiger partial charge is 0.440 e. The van der Waals surface area contributed by atoms with Gasteiger partial charge < -0.3 is 4.74 Å². The highest BCUT2D eigenvalue weighted by Crippen LogP contribution is 2.40. The van der Waals surface area contributed by atoms with Gasteiger partial charge >= 0.3 is 6.09 Å². The van der Waals surface area contributed by atoms with E-state index in [0.717, 1.165) is 69.8 Å². The third kappa shape index (κ3) is 3.99. The summed E-state index contributed by atoms with van der Waals surface area (Å²) in [6, 6.07) is 19.1. The minimum absolute atomic E-state index is 0.124. The van der Waals surface area contributed by atoms with Crippen LogP contribution in [0.25, 0.3) is 0 Å². The second-order valence-electron chi connectivity index (χ2n) is 9.40. The van der Waals surface area contributed by atoms with Crippen molar-refractivity contribution in [2.45, 2.75) is 44.5 Å². The number of aryl methyl sites for hydroxylation is 1. The maximum absolute atomic E-state index is 12.7. The third-order valence-electron chi connectivity index (χ3n) is 7.38. The zero-order valence-electron chi connectivity index (χ0n) is 18.7. The molecule has 6 nitrogen and oxygen atoms in total. The van der Waals surface area contributed by atoms with Crippen LogP contribution in [0.3, 0.4) is 0 Å². The second-order valence-corrected chi connectivity index (χ2v) is 9.40. The van der Waals surface area contributed by atoms with E-state index in [-0.39, 0.29) is 17.7 Å². The minimum Gasteiger partial charge on any atom is -0.440 e. The second kappa shape index (κ2) is 8.57. The average Bonchev–Trinajstić information content (AvgIpc) is 3.08. The molecule has 32 heavy (non-hydrogen) atoms. The summed E-state index contributed by atoms with van der Waals surface area (Å²) in [6.07, 6.45) is 1.58. The van der Waals surface area contributed by atoms with Crippen LogP contribution >= 0.6 is 0 Å². The van der Waals surface area contributed by atoms with Crippen LogP contribution in [0.5, 0.6) is 0 Å². The summed E-state index contributed by atoms with van der Waals surface area (Å²) >= 11 is 0. The molecular weight excluding hydrogens is 400 g/mol. The number of amides is 1. The summed E-state index contributed by atoms with van der Waals surface area (Å²) in [7, 11) is 0. The number of hydrogen-bond donors (Lipinski definition) is 0. The number of nitriles is 1. The third-order valence-corrected chi connectivity index (χ3v) is 7.38. The average molecular weight is 431 g/mol. The zero-order valence-corrected chi connectivity index (χ0v) is 18.7. The fraction of sp³-hybridized carbons (Fsp3) is 0.462. The SMILES string of the molecule is Cc1ccc(CN2CCC3(CC2)OC(=O)N2CCN(Cc4ccccc4)CC23)cc1C#N. The van der Waals surface area contributed by atoms with Crippen LogP contribution in [-0.2, 0) is 17.8 Å². The van der Waals surface area contributed by atoms with Crippen LogP contribution in [0.4, 0.5) is 4.79 Å². The lowest BCUT2D eigenvalue weighted by atomic mass is 9.83. The van der Waals surface area contributed by atoms with Gasteiger partial charge in [-0.2, -0.15) is 5.26 Å². The van der Waals surface area contributed by atoms with Crippen molar-refractivity contribution >= 4 is 6.09 Å². The molecule has 2 aromatic rings. The number of piperidine rings is 1. The molecule has 1 spiro atoms. The summed E-state index contributed by atoms with van der Waals surface area (Å²) in [5, 5.41) is 9.32. The molecule has 1 amide bonds. The molecule has 3 aliphatic rings. The quantitative estimate of drug-likeness (QED) is 0.743. The fourth-order valence-electron chi connectivity index (χ4n) is 5.47. The molecule has 166 valence electrons. The summed E-state index contributed by atoms with van der Waals surface area (Å²) in [4.78, 5) is 19.5. The molecule has 3 heterocycles. The summed E-state index contributed by atoms with van der Waals surface area (Å²) in [6.45, 7) is 7.99. The van der Waals surface area contributed by atoms with Gasteiger partial charge in [0.1, 0.15) is 5.60 Å². The van der Waals surface area contributed by atoms with Crippen molar-refractivity contribution in [3.63, 3.8) is 0 Å². The van der Waals surface area contributed by atoms with E-state index in [2.05, 4.69) is 46.2 Å². The van der Waals surface area contributed by atoms with Crippen molar-refractivity contribution in [3.05, 3.63) is 70.8 Å². The van der Waals surface area contributed by atoms with Gasteiger partial charge in [0, 0.05) is 58.7 Å². The molecule has 3 fully saturated rings. The normalized spacial score (nSPS) is 23.1. The van der Waals surface area contributed by atoms with Crippen molar-refractivity contribution < 1.29 is 9.53 Å². The number of benzene rings is 2. The number of rotatable bonds is 4. The molecule has 0 aliphatic carbocycles. The molecule has 1 atom stereocenters. The van der Waals surface area contributed by atoms with E-state index in [1.165, 1.54) is 11.1 Å². The highest BCUT2D eigenvalue weighted by atomic mass is 16.6. The lowest BCUT2D eigenvalue weighted by Gasteiger charge is -2.45. The van der Waals surface area contributed by atoms with E-state index >= 15 is 0 Å². The number of fused-ring (bicyclic) bond motifs is 2. The van der Waals surface area contributed by atoms with Crippen molar-refractivity contribution in [1.82, 2.24) is 14.7 Å². The number of ether oxygens (including phenoxy) is 1. The Morgan fingerprint density at radius 3 is 2.50 bits per heavy atom. The maximum atomic E-state index is 12.7. The molecule has 1 unspecified atom stereocenters. The van der Waals surface area contributed by atoms with Gasteiger partial charge in [-0.15, -0.1) is 0 Å². The Labute approximate surface area is 190 Å². The smallest absolute Gasteiger partial charge is 0.410 e. The van der Waals surface area contributed by atoms with E-state index < -0.39 is 0 Å². The minimum atomic E-state index is -0.381. The number of nitrogens with zero attached hydrogens (tertiary/aromatic N) is 4. The van der Waals surface area contributed by atoms with Gasteiger partial charge in [0.2, 0.25) is 0 Å². The van der Waals surface area contributed by atoms with Crippen LogP contribution in [0.2, 0.25) is 0 Å². The predicted octanol–water partition coefficient (Wildman–Crippen LogP) is 3.54. The molecule has 3 saturated heterocycles. The predicted molar refractivity (Wildman–Crippen MR) is 122 cm³/mol. The number of hydrogen-bond acceptors (Lipinski definition) is 5. The number of likely N-dealkylation sites (tertiary alicyclic amines) is 1. The van der Waals surface area contributed by atoms with E-state index in [1.54, 1.807) is 0 Å². The highest BCUT2D eigenvalue weighted by molar-refractivity contribution is 5.72. The van der Waals surface area contributed by atoms with Gasteiger partial charge in [0.25, 0.3) is 0 Å². The van der Waals surface area contributed by atoms with Crippen LogP contribution < -0.4 is 0 Å². The Morgan fingerprint density at radius 1 is 1.00 bits per heavy atom. The van der Waals surface area contributed by atoms with Gasteiger partial charge in [-0.05, 0) is 29.7 Å². The Balaban J connectivity index is 1.24. The zero-order chi connectivity index (χ0) is 22.1. The van der Waals surface area contributed by atoms with E-state index in [4.69, 9.17) is 4.74 Å². The van der Waals surface area contributed by atoms with Crippen LogP contribution in [-0.4, -0.2) is 65.2 Å². The first kappa shape index (κ1) is 21.0. The molecule has 0 saturated carbocycles. The van der Waals surface area contributed by atoms with E-state index in [1.807, 2.05) is 30.0 Å². The summed E-state index contributed by atoms with van der Waals surface area (Å²) < 4.78 is 6.08. The van der Waals surface area contributed by atoms with Crippen molar-refractivity contribution in [2.24, 2.45) is 0 Å². The molecular formula is C26H30N4O2. The van der Waals surface area contributed by atoms with Gasteiger partial charge in [-0.1, -0.05) is 42.5 Å². The van der Waals surface area contributed by atoms with Gasteiger partial charge in [-0.25, -0.2) is 4.79 Å². The van der Waals surface area contributed by atoms with E-state index in [9.17, 15) is 10.1 Å². The van der Waals surface area contributed by atoms with Crippen molar-refractivity contribution in [1.29, 1.82) is 5.26 Å². The van der Waals surface area contributed by atoms with Gasteiger partial charge in [0.15, 0.2) is 0 Å². The molecule has 5 rings (SSSR count). The molecule has 0 bridgehead atoms. The molecule has 0 radical (unpaired) electrons. The lowest BCUT2D eigenvalue weighted by molar-refractivity contribution is -0.0368. The first-order valence-electron chi connectivity index (χ1n) is 11.5. The number of carbonyl (C=O) groups excluding carboxylic acids is 1. The monoisotopic (exact) mass is 430 g/mol. The molecule has 2 aromatic carbocycles. The maximum Gasteiger partial charge on any atom is 0.410 e. The molecule has 6 heteroatoms. The molecule has 3 aliphatic heterocycles. The van der Waals surface area contributed by atoms with Crippen LogP contribution in [0, 0.1) is 18.3 Å². The highest BCUT2D eigenvalue weighted by Gasteiger charge is 2.56. The first-order chi connectivity index (χ1) is 15.6. The topological polar surface area (TPSA) is 59.8 Å². The number of carbonyl (C=O) groups is 1. The number of piperazine rings is 1. The Kier molecular flexibility index (Phi) is 5.62.